The van der Waals surface area contributed by atoms with E-state index in [-0.39, 0.29) is 5.95 Å². The molecule has 0 saturated carbocycles. The SMILES string of the molecule is Cc1cccc(Nc2ncnc3cnc(N(C)C(O)(O)O)nc23)c1. The monoisotopic (exact) mass is 328 g/mol. The molecule has 2 aromatic heterocycles. The molecule has 24 heavy (non-hydrogen) atoms. The van der Waals surface area contributed by atoms with E-state index >= 15 is 0 Å². The van der Waals surface area contributed by atoms with Crippen molar-refractivity contribution in [3.8, 4) is 0 Å². The summed E-state index contributed by atoms with van der Waals surface area (Å²) in [5.41, 5.74) is 2.75. The number of aromatic nitrogens is 4. The first-order chi connectivity index (χ1) is 11.3. The van der Waals surface area contributed by atoms with Crippen LogP contribution in [0.15, 0.2) is 36.8 Å². The topological polar surface area (TPSA) is 128 Å². The van der Waals surface area contributed by atoms with Crippen LogP contribution < -0.4 is 10.2 Å². The van der Waals surface area contributed by atoms with Crippen molar-refractivity contribution in [3.63, 3.8) is 0 Å². The first-order valence-electron chi connectivity index (χ1n) is 7.07. The number of nitrogens with one attached hydrogen (secondary N) is 1. The van der Waals surface area contributed by atoms with E-state index in [1.165, 1.54) is 19.6 Å². The molecule has 0 aliphatic heterocycles. The van der Waals surface area contributed by atoms with Crippen LogP contribution in [0, 0.1) is 6.92 Å². The fourth-order valence-electron chi connectivity index (χ4n) is 2.09. The summed E-state index contributed by atoms with van der Waals surface area (Å²) in [7, 11) is 1.23. The molecule has 3 rings (SSSR count). The smallest absolute Gasteiger partial charge is 0.338 e. The molecule has 2 heterocycles. The minimum Gasteiger partial charge on any atom is -0.338 e. The largest absolute Gasteiger partial charge is 0.371 e. The van der Waals surface area contributed by atoms with Crippen molar-refractivity contribution in [2.75, 3.05) is 17.3 Å². The fourth-order valence-corrected chi connectivity index (χ4v) is 2.09. The Morgan fingerprint density at radius 1 is 1.12 bits per heavy atom. The maximum atomic E-state index is 9.26. The third kappa shape index (κ3) is 3.23. The summed E-state index contributed by atoms with van der Waals surface area (Å²) >= 11 is 0. The molecular weight excluding hydrogens is 312 g/mol. The highest BCUT2D eigenvalue weighted by Crippen LogP contribution is 2.23. The number of hydrogen-bond acceptors (Lipinski definition) is 9. The zero-order valence-electron chi connectivity index (χ0n) is 13.0. The molecule has 0 saturated heterocycles. The number of anilines is 3. The Morgan fingerprint density at radius 2 is 1.92 bits per heavy atom. The van der Waals surface area contributed by atoms with Crippen LogP contribution in [0.4, 0.5) is 17.5 Å². The second-order valence-electron chi connectivity index (χ2n) is 5.28. The van der Waals surface area contributed by atoms with Crippen LogP contribution in [0.5, 0.6) is 0 Å². The van der Waals surface area contributed by atoms with Gasteiger partial charge in [-0.3, -0.25) is 4.90 Å². The molecule has 124 valence electrons. The molecule has 9 heteroatoms. The molecule has 0 unspecified atom stereocenters. The summed E-state index contributed by atoms with van der Waals surface area (Å²) in [4.78, 5) is 17.1. The fraction of sp³-hybridized carbons (Fsp3) is 0.200. The van der Waals surface area contributed by atoms with E-state index in [9.17, 15) is 15.3 Å². The van der Waals surface area contributed by atoms with Gasteiger partial charge >= 0.3 is 6.10 Å². The van der Waals surface area contributed by atoms with Gasteiger partial charge in [0.15, 0.2) is 5.82 Å². The van der Waals surface area contributed by atoms with Crippen molar-refractivity contribution in [1.82, 2.24) is 19.9 Å². The lowest BCUT2D eigenvalue weighted by Gasteiger charge is -2.25. The minimum atomic E-state index is -3.08. The number of benzene rings is 1. The van der Waals surface area contributed by atoms with Gasteiger partial charge < -0.3 is 20.6 Å². The summed E-state index contributed by atoms with van der Waals surface area (Å²) in [6.45, 7) is 1.97. The molecule has 0 aliphatic rings. The predicted molar refractivity (Wildman–Crippen MR) is 87.4 cm³/mol. The van der Waals surface area contributed by atoms with Gasteiger partial charge in [0.1, 0.15) is 17.4 Å². The van der Waals surface area contributed by atoms with Crippen molar-refractivity contribution in [2.24, 2.45) is 0 Å². The van der Waals surface area contributed by atoms with Gasteiger partial charge in [-0.25, -0.2) is 19.9 Å². The summed E-state index contributed by atoms with van der Waals surface area (Å²) < 4.78 is 0. The summed E-state index contributed by atoms with van der Waals surface area (Å²) in [6, 6.07) is 7.71. The number of nitrogens with zero attached hydrogens (tertiary/aromatic N) is 5. The number of aliphatic hydroxyl groups is 3. The van der Waals surface area contributed by atoms with E-state index in [1.54, 1.807) is 0 Å². The molecule has 0 bridgehead atoms. The Kier molecular flexibility index (Phi) is 3.97. The maximum Gasteiger partial charge on any atom is 0.371 e. The van der Waals surface area contributed by atoms with Crippen molar-refractivity contribution >= 4 is 28.5 Å². The highest BCUT2D eigenvalue weighted by atomic mass is 16.7. The van der Waals surface area contributed by atoms with Crippen molar-refractivity contribution < 1.29 is 15.3 Å². The van der Waals surface area contributed by atoms with Gasteiger partial charge in [-0.15, -0.1) is 0 Å². The molecule has 0 spiro atoms. The Balaban J connectivity index is 2.05. The van der Waals surface area contributed by atoms with Gasteiger partial charge in [0.05, 0.1) is 6.20 Å². The van der Waals surface area contributed by atoms with Crippen LogP contribution in [0.3, 0.4) is 0 Å². The van der Waals surface area contributed by atoms with E-state index in [0.29, 0.717) is 21.8 Å². The molecule has 1 aromatic carbocycles. The molecule has 4 N–H and O–H groups in total. The van der Waals surface area contributed by atoms with Crippen LogP contribution in [0.25, 0.3) is 11.0 Å². The number of aryl methyl sites for hydroxylation is 1. The van der Waals surface area contributed by atoms with Crippen LogP contribution >= 0.6 is 0 Å². The maximum absolute atomic E-state index is 9.26. The van der Waals surface area contributed by atoms with Crippen molar-refractivity contribution in [1.29, 1.82) is 0 Å². The van der Waals surface area contributed by atoms with Crippen LogP contribution in [0.2, 0.25) is 0 Å². The third-order valence-electron chi connectivity index (χ3n) is 3.40. The van der Waals surface area contributed by atoms with Crippen molar-refractivity contribution in [3.05, 3.63) is 42.4 Å². The van der Waals surface area contributed by atoms with Gasteiger partial charge in [0, 0.05) is 12.7 Å². The van der Waals surface area contributed by atoms with E-state index in [1.807, 2.05) is 31.2 Å². The molecule has 0 atom stereocenters. The molecule has 3 aromatic rings. The Labute approximate surface area is 137 Å². The quantitative estimate of drug-likeness (QED) is 0.506. The summed E-state index contributed by atoms with van der Waals surface area (Å²) in [5.74, 6) is 0.333. The minimum absolute atomic E-state index is 0.0999. The lowest BCUT2D eigenvalue weighted by molar-refractivity contribution is -0.308. The Bertz CT molecular complexity index is 880. The molecule has 9 nitrogen and oxygen atoms in total. The van der Waals surface area contributed by atoms with E-state index in [0.717, 1.165) is 11.3 Å². The van der Waals surface area contributed by atoms with E-state index in [4.69, 9.17) is 0 Å². The predicted octanol–water partition coefficient (Wildman–Crippen LogP) is 0.496. The number of rotatable bonds is 4. The van der Waals surface area contributed by atoms with E-state index in [2.05, 4.69) is 25.3 Å². The first kappa shape index (κ1) is 16.0. The summed E-state index contributed by atoms with van der Waals surface area (Å²) in [6.07, 6.45) is -0.294. The average molecular weight is 328 g/mol. The molecule has 0 fully saturated rings. The molecular formula is C15H16N6O3. The second-order valence-corrected chi connectivity index (χ2v) is 5.28. The Hall–Kier alpha value is -2.88. The zero-order chi connectivity index (χ0) is 17.3. The molecule has 0 aliphatic carbocycles. The van der Waals surface area contributed by atoms with Gasteiger partial charge in [0.25, 0.3) is 0 Å². The van der Waals surface area contributed by atoms with Crippen LogP contribution in [0.1, 0.15) is 5.56 Å². The lowest BCUT2D eigenvalue weighted by atomic mass is 10.2. The van der Waals surface area contributed by atoms with Gasteiger partial charge in [-0.1, -0.05) is 12.1 Å². The van der Waals surface area contributed by atoms with Gasteiger partial charge in [-0.05, 0) is 24.6 Å². The Morgan fingerprint density at radius 3 is 2.62 bits per heavy atom. The second kappa shape index (κ2) is 5.96. The van der Waals surface area contributed by atoms with Gasteiger partial charge in [0.2, 0.25) is 5.95 Å². The van der Waals surface area contributed by atoms with E-state index < -0.39 is 6.10 Å². The highest BCUT2D eigenvalue weighted by molar-refractivity contribution is 5.87. The molecule has 0 radical (unpaired) electrons. The van der Waals surface area contributed by atoms with Crippen LogP contribution in [-0.2, 0) is 0 Å². The lowest BCUT2D eigenvalue weighted by Crippen LogP contribution is -2.47. The third-order valence-corrected chi connectivity index (χ3v) is 3.40. The first-order valence-corrected chi connectivity index (χ1v) is 7.07. The molecule has 0 amide bonds. The van der Waals surface area contributed by atoms with Crippen LogP contribution in [-0.4, -0.2) is 48.4 Å². The normalized spacial score (nSPS) is 11.5. The van der Waals surface area contributed by atoms with Gasteiger partial charge in [-0.2, -0.15) is 0 Å². The highest BCUT2D eigenvalue weighted by Gasteiger charge is 2.28. The average Bonchev–Trinajstić information content (AvgIpc) is 2.53. The summed E-state index contributed by atoms with van der Waals surface area (Å²) in [5, 5.41) is 30.9. The zero-order valence-corrected chi connectivity index (χ0v) is 13.0. The number of fused-ring (bicyclic) bond motifs is 1. The number of hydrogen-bond donors (Lipinski definition) is 4. The standard InChI is InChI=1S/C15H16N6O3/c1-9-4-3-5-10(6-9)19-13-12-11(17-8-18-13)7-16-14(20-12)21(2)15(22,23)24/h3-8,22-24H,1-2H3,(H,17,18,19). The van der Waals surface area contributed by atoms with Crippen molar-refractivity contribution in [2.45, 2.75) is 13.0 Å².